The minimum Gasteiger partial charge on any atom is -0.255 e. The highest BCUT2D eigenvalue weighted by Gasteiger charge is 2.13. The summed E-state index contributed by atoms with van der Waals surface area (Å²) < 4.78 is 13.3. The van der Waals surface area contributed by atoms with Crippen molar-refractivity contribution < 1.29 is 9.18 Å². The van der Waals surface area contributed by atoms with E-state index < -0.39 is 6.04 Å². The molecule has 0 saturated carbocycles. The molecule has 0 aliphatic rings. The highest BCUT2D eigenvalue weighted by Crippen LogP contribution is 2.28. The fraction of sp³-hybridized carbons (Fsp3) is 0. The lowest BCUT2D eigenvalue weighted by Crippen LogP contribution is -1.94. The first kappa shape index (κ1) is 9.97. The van der Waals surface area contributed by atoms with E-state index >= 15 is 0 Å². The Kier molecular flexibility index (Phi) is 2.15. The molecule has 0 heterocycles. The van der Waals surface area contributed by atoms with Crippen LogP contribution in [0.3, 0.4) is 0 Å². The molecule has 3 aromatic rings. The van der Waals surface area contributed by atoms with E-state index in [2.05, 4.69) is 0 Å². The van der Waals surface area contributed by atoms with Gasteiger partial charge in [0.15, 0.2) is 0 Å². The highest BCUT2D eigenvalue weighted by atomic mass is 19.1. The molecule has 0 aliphatic carbocycles. The summed E-state index contributed by atoms with van der Waals surface area (Å²) in [7, 11) is 0. The van der Waals surface area contributed by atoms with Crippen LogP contribution in [0.4, 0.5) is 4.39 Å². The number of fused-ring (bicyclic) bond motifs is 2. The highest BCUT2D eigenvalue weighted by molar-refractivity contribution is 6.16. The molecule has 2 heteroatoms. The average molecular weight is 224 g/mol. The molecule has 0 unspecified atom stereocenters. The SMILES string of the molecule is O=C(F)c1c2ccccc2cc2ccccc12. The van der Waals surface area contributed by atoms with Gasteiger partial charge < -0.3 is 0 Å². The fourth-order valence-corrected chi connectivity index (χ4v) is 2.23. The van der Waals surface area contributed by atoms with Crippen LogP contribution in [0.5, 0.6) is 0 Å². The third kappa shape index (κ3) is 1.49. The number of rotatable bonds is 1. The lowest BCUT2D eigenvalue weighted by atomic mass is 9.97. The van der Waals surface area contributed by atoms with Gasteiger partial charge in [0, 0.05) is 0 Å². The van der Waals surface area contributed by atoms with Crippen LogP contribution in [-0.2, 0) is 0 Å². The first-order valence-corrected chi connectivity index (χ1v) is 5.38. The predicted molar refractivity (Wildman–Crippen MR) is 66.9 cm³/mol. The standard InChI is InChI=1S/C15H9FO/c16-15(17)14-12-7-3-1-5-10(12)9-11-6-2-4-8-13(11)14/h1-9H. The van der Waals surface area contributed by atoms with E-state index in [0.29, 0.717) is 10.8 Å². The third-order valence-electron chi connectivity index (χ3n) is 2.97. The lowest BCUT2D eigenvalue weighted by molar-refractivity contribution is 0.0839. The van der Waals surface area contributed by atoms with Gasteiger partial charge in [0.25, 0.3) is 0 Å². The summed E-state index contributed by atoms with van der Waals surface area (Å²) in [4.78, 5) is 11.2. The molecule has 0 N–H and O–H groups in total. The van der Waals surface area contributed by atoms with E-state index in [1.165, 1.54) is 0 Å². The maximum atomic E-state index is 13.3. The average Bonchev–Trinajstić information content (AvgIpc) is 2.35. The maximum absolute atomic E-state index is 13.3. The van der Waals surface area contributed by atoms with Crippen LogP contribution in [0, 0.1) is 0 Å². The minimum absolute atomic E-state index is 0.165. The van der Waals surface area contributed by atoms with Crippen LogP contribution in [0.1, 0.15) is 10.4 Å². The third-order valence-corrected chi connectivity index (χ3v) is 2.97. The second-order valence-electron chi connectivity index (χ2n) is 3.97. The number of carbonyl (C=O) groups excluding carboxylic acids is 1. The van der Waals surface area contributed by atoms with Gasteiger partial charge in [-0.2, -0.15) is 4.39 Å². The van der Waals surface area contributed by atoms with Crippen molar-refractivity contribution in [3.05, 3.63) is 60.2 Å². The molecular weight excluding hydrogens is 215 g/mol. The van der Waals surface area contributed by atoms with Crippen LogP contribution < -0.4 is 0 Å². The Labute approximate surface area is 97.5 Å². The molecule has 0 radical (unpaired) electrons. The second-order valence-corrected chi connectivity index (χ2v) is 3.97. The van der Waals surface area contributed by atoms with Gasteiger partial charge in [0.05, 0.1) is 5.56 Å². The summed E-state index contributed by atoms with van der Waals surface area (Å²) in [6.07, 6.45) is 0. The van der Waals surface area contributed by atoms with Gasteiger partial charge in [0.1, 0.15) is 0 Å². The van der Waals surface area contributed by atoms with E-state index in [1.807, 2.05) is 42.5 Å². The van der Waals surface area contributed by atoms with Gasteiger partial charge in [-0.25, -0.2) is 0 Å². The van der Waals surface area contributed by atoms with Crippen molar-refractivity contribution >= 4 is 27.6 Å². The molecule has 0 amide bonds. The lowest BCUT2D eigenvalue weighted by Gasteiger charge is -2.06. The fourth-order valence-electron chi connectivity index (χ4n) is 2.23. The first-order chi connectivity index (χ1) is 8.27. The van der Waals surface area contributed by atoms with Gasteiger partial charge in [-0.05, 0) is 27.6 Å². The Balaban J connectivity index is 2.61. The van der Waals surface area contributed by atoms with Crippen molar-refractivity contribution in [1.29, 1.82) is 0 Å². The number of halogens is 1. The zero-order valence-corrected chi connectivity index (χ0v) is 8.98. The molecule has 82 valence electrons. The van der Waals surface area contributed by atoms with E-state index in [1.54, 1.807) is 12.1 Å². The van der Waals surface area contributed by atoms with Crippen LogP contribution >= 0.6 is 0 Å². The normalized spacial score (nSPS) is 10.9. The van der Waals surface area contributed by atoms with Crippen molar-refractivity contribution in [3.8, 4) is 0 Å². The van der Waals surface area contributed by atoms with Gasteiger partial charge >= 0.3 is 6.04 Å². The second kappa shape index (κ2) is 3.67. The molecule has 0 spiro atoms. The summed E-state index contributed by atoms with van der Waals surface area (Å²) in [5.41, 5.74) is 0.165. The number of benzene rings is 3. The molecule has 3 aromatic carbocycles. The maximum Gasteiger partial charge on any atom is 0.333 e. The van der Waals surface area contributed by atoms with Gasteiger partial charge in [-0.3, -0.25) is 4.79 Å². The number of carbonyl (C=O) groups is 1. The number of hydrogen-bond donors (Lipinski definition) is 0. The Morgan fingerprint density at radius 3 is 1.76 bits per heavy atom. The van der Waals surface area contributed by atoms with Gasteiger partial charge in [-0.15, -0.1) is 0 Å². The molecule has 0 aliphatic heterocycles. The van der Waals surface area contributed by atoms with Crippen molar-refractivity contribution in [1.82, 2.24) is 0 Å². The summed E-state index contributed by atoms with van der Waals surface area (Å²) in [6.45, 7) is 0. The Hall–Kier alpha value is -2.22. The van der Waals surface area contributed by atoms with E-state index in [4.69, 9.17) is 0 Å². The molecule has 0 fully saturated rings. The Bertz CT molecular complexity index is 677. The summed E-state index contributed by atoms with van der Waals surface area (Å²) >= 11 is 0. The zero-order valence-electron chi connectivity index (χ0n) is 8.98. The Morgan fingerprint density at radius 1 is 0.824 bits per heavy atom. The molecule has 3 rings (SSSR count). The molecular formula is C15H9FO. The van der Waals surface area contributed by atoms with Crippen molar-refractivity contribution in [2.24, 2.45) is 0 Å². The summed E-state index contributed by atoms with van der Waals surface area (Å²) in [5.74, 6) is 0. The van der Waals surface area contributed by atoms with Crippen molar-refractivity contribution in [2.75, 3.05) is 0 Å². The van der Waals surface area contributed by atoms with Crippen LogP contribution in [0.25, 0.3) is 21.5 Å². The van der Waals surface area contributed by atoms with Gasteiger partial charge in [-0.1, -0.05) is 48.5 Å². The molecule has 0 aromatic heterocycles. The monoisotopic (exact) mass is 224 g/mol. The first-order valence-electron chi connectivity index (χ1n) is 5.38. The zero-order chi connectivity index (χ0) is 11.8. The van der Waals surface area contributed by atoms with Crippen LogP contribution in [-0.4, -0.2) is 6.04 Å². The molecule has 0 saturated heterocycles. The molecule has 0 bridgehead atoms. The summed E-state index contributed by atoms with van der Waals surface area (Å²) in [5, 5.41) is 3.09. The number of hydrogen-bond acceptors (Lipinski definition) is 1. The minimum atomic E-state index is -1.38. The predicted octanol–water partition coefficient (Wildman–Crippen LogP) is 4.10. The smallest absolute Gasteiger partial charge is 0.255 e. The topological polar surface area (TPSA) is 17.1 Å². The van der Waals surface area contributed by atoms with Crippen molar-refractivity contribution in [3.63, 3.8) is 0 Å². The van der Waals surface area contributed by atoms with Crippen molar-refractivity contribution in [2.45, 2.75) is 0 Å². The largest absolute Gasteiger partial charge is 0.333 e. The molecule has 0 atom stereocenters. The van der Waals surface area contributed by atoms with E-state index in [-0.39, 0.29) is 5.56 Å². The van der Waals surface area contributed by atoms with E-state index in [9.17, 15) is 9.18 Å². The van der Waals surface area contributed by atoms with Crippen LogP contribution in [0.15, 0.2) is 54.6 Å². The van der Waals surface area contributed by atoms with Crippen LogP contribution in [0.2, 0.25) is 0 Å². The Morgan fingerprint density at radius 2 is 1.29 bits per heavy atom. The van der Waals surface area contributed by atoms with E-state index in [0.717, 1.165) is 10.8 Å². The quantitative estimate of drug-likeness (QED) is 0.449. The van der Waals surface area contributed by atoms with Gasteiger partial charge in [0.2, 0.25) is 0 Å². The molecule has 1 nitrogen and oxygen atoms in total. The summed E-state index contributed by atoms with van der Waals surface area (Å²) in [6, 6.07) is 15.3. The molecule has 17 heavy (non-hydrogen) atoms.